The largest absolute Gasteiger partial charge is 0.444 e. The van der Waals surface area contributed by atoms with Crippen molar-refractivity contribution < 1.29 is 67.0 Å². The number of amides is 5. The SMILES string of the molecule is CC(C)(C)OC(=O)N1CCOC(C(=O)Nc2cccc(Br)c2N)C1.CC(C)(C)OC(=O)N1CCOC(C(=O)Nc2cccc(Br)c2[N+](=O)[O-])C1.CC(C)(C)OC(=O)N1CCOC(c2nc3c(Br)cccc3[nH]2)C1.N#CN1CCOC(c2nc3c(-c4ccccc4)cccc3[nH]2)C1.Nc1cccc(Br)c1[N+](=O)[O-]. The normalized spacial score (nSPS) is 17.3. The fraction of sp³-hybridized carbons (Fsp3) is 0.389. The highest BCUT2D eigenvalue weighted by atomic mass is 79.9. The van der Waals surface area contributed by atoms with E-state index in [0.717, 1.165) is 49.3 Å². The molecule has 0 radical (unpaired) electrons. The smallest absolute Gasteiger partial charge is 0.410 e. The topological polar surface area (TPSA) is 406 Å². The molecule has 0 aliphatic carbocycles. The van der Waals surface area contributed by atoms with Crippen LogP contribution in [0.25, 0.3) is 33.2 Å². The molecule has 8 aromatic rings. The number of anilines is 4. The van der Waals surface area contributed by atoms with Gasteiger partial charge in [-0.25, -0.2) is 24.4 Å². The number of hydrogen-bond acceptors (Lipinski definition) is 22. The summed E-state index contributed by atoms with van der Waals surface area (Å²) in [6, 6.07) is 36.7. The number of nitro groups is 2. The van der Waals surface area contributed by atoms with Gasteiger partial charge in [-0.3, -0.25) is 29.8 Å². The Morgan fingerprint density at radius 1 is 0.523 bits per heavy atom. The molecular weight excluding hydrogens is 1650 g/mol. The molecule has 8 N–H and O–H groups in total. The first-order valence-corrected chi connectivity index (χ1v) is 36.7. The van der Waals surface area contributed by atoms with Gasteiger partial charge in [0, 0.05) is 34.1 Å². The van der Waals surface area contributed by atoms with Gasteiger partial charge in [-0.1, -0.05) is 66.7 Å². The number of aromatic amines is 2. The van der Waals surface area contributed by atoms with Crippen molar-refractivity contribution in [2.75, 3.05) is 101 Å². The first-order valence-electron chi connectivity index (χ1n) is 33.6. The number of nitrogens with zero attached hydrogens (tertiary/aromatic N) is 9. The van der Waals surface area contributed by atoms with E-state index in [1.165, 1.54) is 28.0 Å². The molecule has 31 nitrogen and oxygen atoms in total. The zero-order valence-corrected chi connectivity index (χ0v) is 66.4. The highest BCUT2D eigenvalue weighted by Crippen LogP contribution is 2.36. The van der Waals surface area contributed by atoms with Crippen molar-refractivity contribution in [1.29, 1.82) is 5.26 Å². The van der Waals surface area contributed by atoms with Gasteiger partial charge in [-0.15, -0.1) is 0 Å². The van der Waals surface area contributed by atoms with E-state index in [-0.39, 0.29) is 77.7 Å². The Morgan fingerprint density at radius 3 is 1.44 bits per heavy atom. The van der Waals surface area contributed by atoms with Crippen molar-refractivity contribution in [3.8, 4) is 17.3 Å². The maximum Gasteiger partial charge on any atom is 0.410 e. The molecule has 107 heavy (non-hydrogen) atoms. The summed E-state index contributed by atoms with van der Waals surface area (Å²) in [5.74, 6) is 0.580. The number of nitrogens with two attached hydrogens (primary N) is 2. The van der Waals surface area contributed by atoms with Crippen LogP contribution in [0.15, 0.2) is 139 Å². The minimum absolute atomic E-state index is 0.00253. The number of H-pyrrole nitrogens is 2. The summed E-state index contributed by atoms with van der Waals surface area (Å²) in [4.78, 5) is 104. The first kappa shape index (κ1) is 83.1. The molecule has 4 unspecified atom stereocenters. The van der Waals surface area contributed by atoms with Crippen molar-refractivity contribution >= 4 is 150 Å². The first-order chi connectivity index (χ1) is 50.6. The molecule has 0 saturated carbocycles. The van der Waals surface area contributed by atoms with E-state index < -0.39 is 57.0 Å². The second-order valence-electron chi connectivity index (χ2n) is 27.2. The molecule has 6 heterocycles. The number of nitrogen functional groups attached to an aromatic ring is 2. The molecule has 0 bridgehead atoms. The van der Waals surface area contributed by atoms with Crippen molar-refractivity contribution in [1.82, 2.24) is 39.5 Å². The molecule has 4 fully saturated rings. The van der Waals surface area contributed by atoms with E-state index >= 15 is 0 Å². The molecule has 4 atom stereocenters. The third-order valence-corrected chi connectivity index (χ3v) is 18.2. The number of hydrogen-bond donors (Lipinski definition) is 6. The van der Waals surface area contributed by atoms with Crippen LogP contribution in [0.5, 0.6) is 0 Å². The summed E-state index contributed by atoms with van der Waals surface area (Å²) >= 11 is 12.9. The lowest BCUT2D eigenvalue weighted by atomic mass is 10.0. The van der Waals surface area contributed by atoms with Gasteiger partial charge in [0.2, 0.25) is 0 Å². The number of ether oxygens (including phenoxy) is 7. The number of para-hydroxylation sites is 5. The molecule has 2 aromatic heterocycles. The van der Waals surface area contributed by atoms with Gasteiger partial charge >= 0.3 is 29.7 Å². The molecule has 4 aliphatic rings. The molecule has 35 heteroatoms. The van der Waals surface area contributed by atoms with Crippen LogP contribution in [0.3, 0.4) is 0 Å². The Morgan fingerprint density at radius 2 is 0.944 bits per heavy atom. The van der Waals surface area contributed by atoms with Crippen LogP contribution in [0, 0.1) is 31.7 Å². The lowest BCUT2D eigenvalue weighted by molar-refractivity contribution is -0.384. The fourth-order valence-electron chi connectivity index (χ4n) is 10.6. The van der Waals surface area contributed by atoms with Gasteiger partial charge in [0.05, 0.1) is 106 Å². The average Bonchev–Trinajstić information content (AvgIpc) is 1.65. The molecule has 4 aliphatic heterocycles. The van der Waals surface area contributed by atoms with Crippen LogP contribution >= 0.6 is 63.7 Å². The van der Waals surface area contributed by atoms with E-state index in [0.29, 0.717) is 72.8 Å². The van der Waals surface area contributed by atoms with Crippen LogP contribution in [0.2, 0.25) is 0 Å². The van der Waals surface area contributed by atoms with Gasteiger partial charge in [0.25, 0.3) is 11.8 Å². The zero-order chi connectivity index (χ0) is 78.1. The second-order valence-corrected chi connectivity index (χ2v) is 30.6. The monoisotopic (exact) mass is 1730 g/mol. The van der Waals surface area contributed by atoms with Crippen molar-refractivity contribution in [3.05, 3.63) is 171 Å². The van der Waals surface area contributed by atoms with E-state index in [4.69, 9.17) is 54.9 Å². The number of halogens is 4. The number of carbonyl (C=O) groups excluding carboxylic acids is 5. The number of nitriles is 1. The van der Waals surface area contributed by atoms with Crippen LogP contribution in [0.1, 0.15) is 86.2 Å². The number of imidazole rings is 2. The Bertz CT molecular complexity index is 4500. The summed E-state index contributed by atoms with van der Waals surface area (Å²) in [5, 5.41) is 35.8. The third-order valence-electron chi connectivity index (χ3n) is 15.6. The van der Waals surface area contributed by atoms with Gasteiger partial charge in [0.1, 0.15) is 57.6 Å². The summed E-state index contributed by atoms with van der Waals surface area (Å²) < 4.78 is 40.8. The van der Waals surface area contributed by atoms with Crippen molar-refractivity contribution in [2.24, 2.45) is 0 Å². The van der Waals surface area contributed by atoms with Gasteiger partial charge in [0.15, 0.2) is 18.4 Å². The molecule has 0 spiro atoms. The third kappa shape index (κ3) is 24.0. The van der Waals surface area contributed by atoms with Gasteiger partial charge in [-0.05, 0) is 186 Å². The molecule has 570 valence electrons. The van der Waals surface area contributed by atoms with E-state index in [2.05, 4.69) is 114 Å². The number of rotatable bonds is 9. The standard InChI is InChI=1S/C18H16N4O.C16H20BrN3O6.C16H22BrN3O4.C16H20BrN3O3.C6H5BrN2O2/c19-12-22-9-10-23-16(11-22)18-20-15-8-4-7-14(17(15)21-18)13-5-2-1-3-6-13;1-16(2,3)26-15(22)19-7-8-25-12(9-19)14(21)18-11-6-4-5-10(17)13(11)20(23)24;1-16(2,3)24-15(22)20-7-8-23-12(9-20)14(21)19-11-6-4-5-10(17)13(11)18;1-16(2,3)23-15(21)20-7-8-22-12(9-20)14-18-11-6-4-5-10(17)13(11)19-14;7-4-2-1-3-5(8)6(4)9(10)11/h1-8,16H,9-11H2,(H,20,21);4-6,12H,7-9H2,1-3H3,(H,18,21);4-6,12H,7-9,18H2,1-3H3,(H,19,21);4-6,12H,7-9H2,1-3H3,(H,18,19);1-3H,8H2. The molecule has 6 aromatic carbocycles. The molecule has 12 rings (SSSR count). The summed E-state index contributed by atoms with van der Waals surface area (Å²) in [5.41, 5.74) is 16.3. The Balaban J connectivity index is 0.000000172. The number of fused-ring (bicyclic) bond motifs is 2. The van der Waals surface area contributed by atoms with E-state index in [1.807, 2.05) is 69.3 Å². The van der Waals surface area contributed by atoms with Crippen molar-refractivity contribution in [3.63, 3.8) is 0 Å². The van der Waals surface area contributed by atoms with Gasteiger partial charge < -0.3 is 84.8 Å². The van der Waals surface area contributed by atoms with Crippen LogP contribution < -0.4 is 22.1 Å². The lowest BCUT2D eigenvalue weighted by Crippen LogP contribution is -2.51. The van der Waals surface area contributed by atoms with Crippen molar-refractivity contribution in [2.45, 2.75) is 104 Å². The van der Waals surface area contributed by atoms with Crippen LogP contribution in [0.4, 0.5) is 48.5 Å². The quantitative estimate of drug-likeness (QED) is 0.0257. The maximum atomic E-state index is 12.5. The van der Waals surface area contributed by atoms with E-state index in [9.17, 15) is 44.2 Å². The number of aromatic nitrogens is 4. The zero-order valence-electron chi connectivity index (χ0n) is 60.1. The van der Waals surface area contributed by atoms with E-state index in [1.54, 1.807) is 87.7 Å². The summed E-state index contributed by atoms with van der Waals surface area (Å²) in [6.07, 6.45) is -1.32. The minimum atomic E-state index is -0.949. The predicted octanol–water partition coefficient (Wildman–Crippen LogP) is 14.2. The Hall–Kier alpha value is -9.54. The minimum Gasteiger partial charge on any atom is -0.444 e. The number of benzene rings is 6. The highest BCUT2D eigenvalue weighted by molar-refractivity contribution is 9.11. The molecule has 5 amide bonds. The average molecular weight is 1730 g/mol. The summed E-state index contributed by atoms with van der Waals surface area (Å²) in [6.45, 7) is 20.6. The predicted molar refractivity (Wildman–Crippen MR) is 415 cm³/mol. The number of carbonyl (C=O) groups is 5. The van der Waals surface area contributed by atoms with Crippen LogP contribution in [-0.2, 0) is 42.7 Å². The highest BCUT2D eigenvalue weighted by Gasteiger charge is 2.36. The Kier molecular flexibility index (Phi) is 29.0. The Labute approximate surface area is 650 Å². The molecular formula is C72H83Br4N15O16. The second kappa shape index (κ2) is 37.3. The summed E-state index contributed by atoms with van der Waals surface area (Å²) in [7, 11) is 0. The van der Waals surface area contributed by atoms with Gasteiger partial charge in [-0.2, -0.15) is 5.26 Å². The number of morpholine rings is 4. The number of nitrogens with one attached hydrogen (secondary N) is 4. The maximum absolute atomic E-state index is 12.5. The van der Waals surface area contributed by atoms with Crippen LogP contribution in [-0.4, -0.2) is 187 Å². The number of nitro benzene ring substituents is 2. The lowest BCUT2D eigenvalue weighted by Gasteiger charge is -2.33. The fourth-order valence-corrected chi connectivity index (χ4v) is 12.5. The molecule has 4 saturated heterocycles.